The lowest BCUT2D eigenvalue weighted by Gasteiger charge is -2.10. The van der Waals surface area contributed by atoms with Crippen molar-refractivity contribution in [3.63, 3.8) is 0 Å². The molecule has 94 valence electrons. The summed E-state index contributed by atoms with van der Waals surface area (Å²) in [5, 5.41) is 11.2. The fourth-order valence-corrected chi connectivity index (χ4v) is 4.36. The number of thiazole rings is 1. The van der Waals surface area contributed by atoms with Gasteiger partial charge in [0.1, 0.15) is 20.2 Å². The molecule has 18 heavy (non-hydrogen) atoms. The van der Waals surface area contributed by atoms with Crippen LogP contribution in [0.5, 0.6) is 0 Å². The predicted octanol–water partition coefficient (Wildman–Crippen LogP) is 2.12. The summed E-state index contributed by atoms with van der Waals surface area (Å²) >= 11 is 2.34. The van der Waals surface area contributed by atoms with E-state index >= 15 is 0 Å². The van der Waals surface area contributed by atoms with E-state index in [1.165, 1.54) is 23.5 Å². The molecule has 0 saturated carbocycles. The third kappa shape index (κ3) is 2.76. The van der Waals surface area contributed by atoms with Gasteiger partial charge in [-0.1, -0.05) is 0 Å². The number of nitrogens with one attached hydrogen (secondary N) is 1. The van der Waals surface area contributed by atoms with Gasteiger partial charge in [-0.3, -0.25) is 0 Å². The van der Waals surface area contributed by atoms with Gasteiger partial charge in [0.15, 0.2) is 0 Å². The van der Waals surface area contributed by atoms with Crippen LogP contribution in [0.25, 0.3) is 0 Å². The molecular weight excluding hydrogens is 290 g/mol. The molecule has 2 aromatic rings. The Morgan fingerprint density at radius 1 is 1.50 bits per heavy atom. The fourth-order valence-electron chi connectivity index (χ4n) is 1.31. The van der Waals surface area contributed by atoms with Crippen molar-refractivity contribution >= 4 is 32.7 Å². The minimum absolute atomic E-state index is 0.141. The first-order valence-corrected chi connectivity index (χ1v) is 8.12. The maximum Gasteiger partial charge on any atom is 0.250 e. The minimum atomic E-state index is -3.59. The Labute approximate surface area is 113 Å². The van der Waals surface area contributed by atoms with Crippen molar-refractivity contribution in [1.82, 2.24) is 9.71 Å². The van der Waals surface area contributed by atoms with Crippen molar-refractivity contribution in [3.05, 3.63) is 33.6 Å². The predicted molar refractivity (Wildman–Crippen MR) is 69.9 cm³/mol. The number of sulfonamides is 1. The lowest BCUT2D eigenvalue weighted by atomic mass is 10.4. The summed E-state index contributed by atoms with van der Waals surface area (Å²) in [5.74, 6) is 0. The number of thiophene rings is 1. The molecule has 1 unspecified atom stereocenters. The zero-order valence-corrected chi connectivity index (χ0v) is 11.8. The summed E-state index contributed by atoms with van der Waals surface area (Å²) in [6.45, 7) is 1.73. The Hall–Kier alpha value is -1.27. The molecule has 0 spiro atoms. The molecule has 2 rings (SSSR count). The lowest BCUT2D eigenvalue weighted by Crippen LogP contribution is -2.26. The number of hydrogen-bond donors (Lipinski definition) is 1. The van der Waals surface area contributed by atoms with E-state index in [9.17, 15) is 8.42 Å². The van der Waals surface area contributed by atoms with E-state index in [4.69, 9.17) is 5.26 Å². The normalized spacial score (nSPS) is 13.1. The molecule has 1 atom stereocenters. The van der Waals surface area contributed by atoms with Crippen molar-refractivity contribution in [2.24, 2.45) is 0 Å². The largest absolute Gasteiger partial charge is 0.250 e. The summed E-state index contributed by atoms with van der Waals surface area (Å²) in [6, 6.07) is 4.45. The Morgan fingerprint density at radius 3 is 2.83 bits per heavy atom. The monoisotopic (exact) mass is 299 g/mol. The van der Waals surface area contributed by atoms with Gasteiger partial charge in [0.2, 0.25) is 0 Å². The van der Waals surface area contributed by atoms with E-state index in [-0.39, 0.29) is 10.3 Å². The molecule has 2 aromatic heterocycles. The van der Waals surface area contributed by atoms with Crippen LogP contribution >= 0.6 is 22.7 Å². The number of aromatic nitrogens is 1. The average Bonchev–Trinajstić information content (AvgIpc) is 3.00. The van der Waals surface area contributed by atoms with Crippen LogP contribution in [-0.4, -0.2) is 13.4 Å². The van der Waals surface area contributed by atoms with E-state index in [2.05, 4.69) is 9.71 Å². The topological polar surface area (TPSA) is 82.9 Å². The number of nitrogens with zero attached hydrogens (tertiary/aromatic N) is 2. The highest BCUT2D eigenvalue weighted by molar-refractivity contribution is 7.91. The van der Waals surface area contributed by atoms with Crippen molar-refractivity contribution in [1.29, 1.82) is 5.26 Å². The molecule has 0 aliphatic rings. The second-order valence-corrected chi connectivity index (χ2v) is 7.39. The third-order valence-electron chi connectivity index (χ3n) is 2.11. The highest BCUT2D eigenvalue weighted by atomic mass is 32.2. The first-order chi connectivity index (χ1) is 8.53. The molecule has 1 N–H and O–H groups in total. The summed E-state index contributed by atoms with van der Waals surface area (Å²) < 4.78 is 26.7. The smallest absolute Gasteiger partial charge is 0.248 e. The zero-order chi connectivity index (χ0) is 13.2. The molecule has 8 heteroatoms. The van der Waals surface area contributed by atoms with Crippen LogP contribution in [0, 0.1) is 11.3 Å². The van der Waals surface area contributed by atoms with Gasteiger partial charge in [-0.2, -0.15) is 5.26 Å². The van der Waals surface area contributed by atoms with Crippen LogP contribution in [0.15, 0.2) is 27.9 Å². The second-order valence-electron chi connectivity index (χ2n) is 3.44. The maximum atomic E-state index is 12.0. The van der Waals surface area contributed by atoms with Crippen LogP contribution in [-0.2, 0) is 10.0 Å². The fraction of sp³-hybridized carbons (Fsp3) is 0.200. The zero-order valence-electron chi connectivity index (χ0n) is 9.32. The van der Waals surface area contributed by atoms with Crippen molar-refractivity contribution in [2.75, 3.05) is 0 Å². The molecule has 0 aliphatic heterocycles. The van der Waals surface area contributed by atoms with Gasteiger partial charge >= 0.3 is 0 Å². The van der Waals surface area contributed by atoms with Gasteiger partial charge in [0.25, 0.3) is 10.0 Å². The average molecular weight is 299 g/mol. The molecule has 0 aromatic carbocycles. The Kier molecular flexibility index (Phi) is 3.77. The molecule has 0 bridgehead atoms. The quantitative estimate of drug-likeness (QED) is 0.937. The van der Waals surface area contributed by atoms with Gasteiger partial charge in [-0.25, -0.2) is 18.1 Å². The molecule has 0 saturated heterocycles. The summed E-state index contributed by atoms with van der Waals surface area (Å²) in [5.41, 5.74) is 0. The van der Waals surface area contributed by atoms with E-state index in [0.29, 0.717) is 9.88 Å². The standard InChI is InChI=1S/C10H9N3O2S3/c1-7(10-12-4-5-16-10)13-18(14,15)9-3-2-8(6-11)17-9/h2-5,7,13H,1H3. The lowest BCUT2D eigenvalue weighted by molar-refractivity contribution is 0.568. The maximum absolute atomic E-state index is 12.0. The first kappa shape index (κ1) is 13.2. The summed E-state index contributed by atoms with van der Waals surface area (Å²) in [4.78, 5) is 4.43. The van der Waals surface area contributed by atoms with Crippen molar-refractivity contribution < 1.29 is 8.42 Å². The second kappa shape index (κ2) is 5.16. The summed E-state index contributed by atoms with van der Waals surface area (Å²) in [7, 11) is -3.59. The van der Waals surface area contributed by atoms with Gasteiger partial charge in [0.05, 0.1) is 6.04 Å². The summed E-state index contributed by atoms with van der Waals surface area (Å²) in [6.07, 6.45) is 1.63. The molecule has 2 heterocycles. The highest BCUT2D eigenvalue weighted by Gasteiger charge is 2.21. The van der Waals surface area contributed by atoms with E-state index in [1.807, 2.05) is 6.07 Å². The van der Waals surface area contributed by atoms with E-state index in [1.54, 1.807) is 18.5 Å². The van der Waals surface area contributed by atoms with Crippen LogP contribution in [0.4, 0.5) is 0 Å². The first-order valence-electron chi connectivity index (χ1n) is 4.94. The van der Waals surface area contributed by atoms with Crippen LogP contribution in [0.1, 0.15) is 22.9 Å². The molecule has 0 fully saturated rings. The van der Waals surface area contributed by atoms with Crippen molar-refractivity contribution in [2.45, 2.75) is 17.2 Å². The van der Waals surface area contributed by atoms with E-state index < -0.39 is 10.0 Å². The number of nitriles is 1. The Balaban J connectivity index is 2.20. The molecule has 0 radical (unpaired) electrons. The van der Waals surface area contributed by atoms with Gasteiger partial charge < -0.3 is 0 Å². The molecular formula is C10H9N3O2S3. The van der Waals surface area contributed by atoms with E-state index in [0.717, 1.165) is 11.3 Å². The van der Waals surface area contributed by atoms with Gasteiger partial charge in [-0.05, 0) is 19.1 Å². The van der Waals surface area contributed by atoms with Gasteiger partial charge in [-0.15, -0.1) is 22.7 Å². The van der Waals surface area contributed by atoms with Crippen LogP contribution in [0.2, 0.25) is 0 Å². The molecule has 0 aliphatic carbocycles. The van der Waals surface area contributed by atoms with Gasteiger partial charge in [0, 0.05) is 11.6 Å². The molecule has 0 amide bonds. The molecule has 5 nitrogen and oxygen atoms in total. The van der Waals surface area contributed by atoms with Crippen LogP contribution in [0.3, 0.4) is 0 Å². The minimum Gasteiger partial charge on any atom is -0.248 e. The SMILES string of the molecule is CC(NS(=O)(=O)c1ccc(C#N)s1)c1nccs1. The number of rotatable bonds is 4. The third-order valence-corrected chi connectivity index (χ3v) is 6.09. The van der Waals surface area contributed by atoms with Crippen molar-refractivity contribution in [3.8, 4) is 6.07 Å². The highest BCUT2D eigenvalue weighted by Crippen LogP contribution is 2.23. The number of hydrogen-bond acceptors (Lipinski definition) is 6. The van der Waals surface area contributed by atoms with Crippen LogP contribution < -0.4 is 4.72 Å². The Morgan fingerprint density at radius 2 is 2.28 bits per heavy atom. The Bertz CT molecular complexity index is 668.